The molecule has 0 bridgehead atoms. The summed E-state index contributed by atoms with van der Waals surface area (Å²) in [6.07, 6.45) is 0.682. The minimum Gasteiger partial charge on any atom is -0.317 e. The molecule has 0 atom stereocenters. The fraction of sp³-hybridized carbons (Fsp3) is 0.571. The van der Waals surface area contributed by atoms with Crippen LogP contribution in [-0.4, -0.2) is 27.3 Å². The van der Waals surface area contributed by atoms with Crippen molar-refractivity contribution in [3.05, 3.63) is 34.9 Å². The third kappa shape index (κ3) is 5.65. The first-order valence-corrected chi connectivity index (χ1v) is 8.23. The Hall–Kier alpha value is -0.870. The number of aryl methyl sites for hydroxylation is 2. The van der Waals surface area contributed by atoms with E-state index in [2.05, 4.69) is 11.4 Å². The van der Waals surface area contributed by atoms with Crippen LogP contribution in [0.3, 0.4) is 0 Å². The quantitative estimate of drug-likeness (QED) is 0.772. The Kier molecular flexibility index (Phi) is 5.82. The summed E-state index contributed by atoms with van der Waals surface area (Å²) in [5, 5.41) is 3.14. The monoisotopic (exact) mass is 269 g/mol. The maximum atomic E-state index is 12.0. The lowest BCUT2D eigenvalue weighted by Gasteiger charge is -2.07. The first-order chi connectivity index (χ1) is 8.43. The summed E-state index contributed by atoms with van der Waals surface area (Å²) in [5.41, 5.74) is 3.14. The molecule has 0 spiro atoms. The number of sulfone groups is 1. The number of hydrogen-bond donors (Lipinski definition) is 1. The van der Waals surface area contributed by atoms with Crippen LogP contribution in [0.25, 0.3) is 0 Å². The van der Waals surface area contributed by atoms with Crippen LogP contribution in [0.1, 0.15) is 30.0 Å². The highest BCUT2D eigenvalue weighted by Crippen LogP contribution is 2.12. The molecule has 102 valence electrons. The van der Waals surface area contributed by atoms with E-state index in [0.29, 0.717) is 6.42 Å². The van der Waals surface area contributed by atoms with Crippen molar-refractivity contribution in [1.29, 1.82) is 0 Å². The lowest BCUT2D eigenvalue weighted by atomic mass is 10.1. The average Bonchev–Trinajstić information content (AvgIpc) is 2.22. The van der Waals surface area contributed by atoms with Gasteiger partial charge in [-0.2, -0.15) is 0 Å². The molecular weight excluding hydrogens is 246 g/mol. The molecule has 0 aliphatic heterocycles. The highest BCUT2D eigenvalue weighted by Gasteiger charge is 2.12. The predicted octanol–water partition coefficient (Wildman–Crippen LogP) is 2.22. The fourth-order valence-corrected chi connectivity index (χ4v) is 3.48. The van der Waals surface area contributed by atoms with Gasteiger partial charge in [-0.1, -0.05) is 36.2 Å². The van der Waals surface area contributed by atoms with Gasteiger partial charge in [-0.3, -0.25) is 0 Å². The van der Waals surface area contributed by atoms with Crippen LogP contribution < -0.4 is 5.32 Å². The third-order valence-electron chi connectivity index (χ3n) is 2.73. The minimum absolute atomic E-state index is 0.154. The van der Waals surface area contributed by atoms with Crippen LogP contribution in [0.4, 0.5) is 0 Å². The topological polar surface area (TPSA) is 46.2 Å². The Morgan fingerprint density at radius 3 is 2.28 bits per heavy atom. The third-order valence-corrected chi connectivity index (χ3v) is 4.41. The van der Waals surface area contributed by atoms with Crippen LogP contribution >= 0.6 is 0 Å². The van der Waals surface area contributed by atoms with Gasteiger partial charge in [-0.05, 0) is 38.9 Å². The SMILES string of the molecule is CCNCCCS(=O)(=O)Cc1cc(C)cc(C)c1. The standard InChI is InChI=1S/C14H23NO2S/c1-4-15-6-5-7-18(16,17)11-14-9-12(2)8-13(3)10-14/h8-10,15H,4-7,11H2,1-3H3. The van der Waals surface area contributed by atoms with Gasteiger partial charge in [0.05, 0.1) is 11.5 Å². The Balaban J connectivity index is 2.59. The van der Waals surface area contributed by atoms with Crippen LogP contribution in [-0.2, 0) is 15.6 Å². The van der Waals surface area contributed by atoms with E-state index in [1.54, 1.807) is 0 Å². The van der Waals surface area contributed by atoms with Gasteiger partial charge < -0.3 is 5.32 Å². The van der Waals surface area contributed by atoms with Crippen molar-refractivity contribution in [2.45, 2.75) is 32.9 Å². The molecule has 18 heavy (non-hydrogen) atoms. The zero-order valence-electron chi connectivity index (χ0n) is 11.5. The van der Waals surface area contributed by atoms with Crippen molar-refractivity contribution in [3.63, 3.8) is 0 Å². The maximum Gasteiger partial charge on any atom is 0.154 e. The summed E-state index contributed by atoms with van der Waals surface area (Å²) >= 11 is 0. The molecule has 0 radical (unpaired) electrons. The molecule has 4 heteroatoms. The molecule has 0 unspecified atom stereocenters. The van der Waals surface area contributed by atoms with Gasteiger partial charge in [-0.15, -0.1) is 0 Å². The zero-order valence-corrected chi connectivity index (χ0v) is 12.3. The Labute approximate surface area is 111 Å². The van der Waals surface area contributed by atoms with Gasteiger partial charge in [0.2, 0.25) is 0 Å². The van der Waals surface area contributed by atoms with Gasteiger partial charge in [0.1, 0.15) is 0 Å². The number of rotatable bonds is 7. The molecule has 3 nitrogen and oxygen atoms in total. The molecule has 1 rings (SSSR count). The van der Waals surface area contributed by atoms with Crippen molar-refractivity contribution in [3.8, 4) is 0 Å². The Morgan fingerprint density at radius 1 is 1.11 bits per heavy atom. The lowest BCUT2D eigenvalue weighted by molar-refractivity contribution is 0.589. The molecule has 0 saturated carbocycles. The first kappa shape index (κ1) is 15.2. The molecule has 1 N–H and O–H groups in total. The smallest absolute Gasteiger partial charge is 0.154 e. The second kappa shape index (κ2) is 6.90. The van der Waals surface area contributed by atoms with E-state index < -0.39 is 9.84 Å². The summed E-state index contributed by atoms with van der Waals surface area (Å²) < 4.78 is 23.9. The van der Waals surface area contributed by atoms with Gasteiger partial charge in [0.25, 0.3) is 0 Å². The van der Waals surface area contributed by atoms with E-state index in [-0.39, 0.29) is 11.5 Å². The van der Waals surface area contributed by atoms with E-state index in [0.717, 1.165) is 29.8 Å². The summed E-state index contributed by atoms with van der Waals surface area (Å²) in [6.45, 7) is 7.66. The number of nitrogens with one attached hydrogen (secondary N) is 1. The minimum atomic E-state index is -2.99. The van der Waals surface area contributed by atoms with Crippen LogP contribution in [0.2, 0.25) is 0 Å². The molecule has 0 saturated heterocycles. The summed E-state index contributed by atoms with van der Waals surface area (Å²) in [7, 11) is -2.99. The highest BCUT2D eigenvalue weighted by atomic mass is 32.2. The molecule has 1 aromatic carbocycles. The maximum absolute atomic E-state index is 12.0. The summed E-state index contributed by atoms with van der Waals surface area (Å²) in [5.74, 6) is 0.411. The van der Waals surface area contributed by atoms with Crippen molar-refractivity contribution in [1.82, 2.24) is 5.32 Å². The van der Waals surface area contributed by atoms with E-state index in [1.807, 2.05) is 32.9 Å². The van der Waals surface area contributed by atoms with Crippen LogP contribution in [0.15, 0.2) is 18.2 Å². The van der Waals surface area contributed by atoms with Gasteiger partial charge in [0, 0.05) is 0 Å². The molecule has 0 aliphatic carbocycles. The van der Waals surface area contributed by atoms with E-state index >= 15 is 0 Å². The van der Waals surface area contributed by atoms with Gasteiger partial charge in [0.15, 0.2) is 9.84 Å². The van der Waals surface area contributed by atoms with Crippen molar-refractivity contribution < 1.29 is 8.42 Å². The Bertz CT molecular complexity index is 460. The second-order valence-corrected chi connectivity index (χ2v) is 6.98. The molecule has 0 aromatic heterocycles. The van der Waals surface area contributed by atoms with Gasteiger partial charge in [-0.25, -0.2) is 8.42 Å². The summed E-state index contributed by atoms with van der Waals surface area (Å²) in [6, 6.07) is 5.96. The normalized spacial score (nSPS) is 11.7. The largest absolute Gasteiger partial charge is 0.317 e. The predicted molar refractivity (Wildman–Crippen MR) is 76.6 cm³/mol. The van der Waals surface area contributed by atoms with Crippen LogP contribution in [0, 0.1) is 13.8 Å². The molecule has 0 amide bonds. The molecule has 0 fully saturated rings. The van der Waals surface area contributed by atoms with Crippen molar-refractivity contribution in [2.75, 3.05) is 18.8 Å². The molecular formula is C14H23NO2S. The zero-order chi connectivity index (χ0) is 13.6. The van der Waals surface area contributed by atoms with Crippen molar-refractivity contribution >= 4 is 9.84 Å². The average molecular weight is 269 g/mol. The van der Waals surface area contributed by atoms with Crippen LogP contribution in [0.5, 0.6) is 0 Å². The first-order valence-electron chi connectivity index (χ1n) is 6.41. The van der Waals surface area contributed by atoms with Gasteiger partial charge >= 0.3 is 0 Å². The number of hydrogen-bond acceptors (Lipinski definition) is 3. The highest BCUT2D eigenvalue weighted by molar-refractivity contribution is 7.90. The molecule has 1 aromatic rings. The lowest BCUT2D eigenvalue weighted by Crippen LogP contribution is -2.18. The van der Waals surface area contributed by atoms with Crippen molar-refractivity contribution in [2.24, 2.45) is 0 Å². The number of benzene rings is 1. The van der Waals surface area contributed by atoms with E-state index in [1.165, 1.54) is 0 Å². The second-order valence-electron chi connectivity index (χ2n) is 4.80. The van der Waals surface area contributed by atoms with E-state index in [9.17, 15) is 8.42 Å². The Morgan fingerprint density at radius 2 is 1.72 bits per heavy atom. The molecule has 0 aliphatic rings. The summed E-state index contributed by atoms with van der Waals surface area (Å²) in [4.78, 5) is 0. The fourth-order valence-electron chi connectivity index (χ4n) is 2.07. The molecule has 0 heterocycles. The van der Waals surface area contributed by atoms with E-state index in [4.69, 9.17) is 0 Å².